The van der Waals surface area contributed by atoms with Crippen LogP contribution in [0.4, 0.5) is 0 Å². The smallest absolute Gasteiger partial charge is 0.155 e. The number of ether oxygens (including phenoxy) is 1. The van der Waals surface area contributed by atoms with E-state index in [0.717, 1.165) is 5.56 Å². The molecule has 0 fully saturated rings. The SMILES string of the molecule is O=Cc1c(Cl)cccc1Oc1cccc(CO)c1. The van der Waals surface area contributed by atoms with Crippen molar-refractivity contribution in [1.82, 2.24) is 0 Å². The van der Waals surface area contributed by atoms with Crippen LogP contribution < -0.4 is 4.74 Å². The Morgan fingerprint density at radius 3 is 2.72 bits per heavy atom. The summed E-state index contributed by atoms with van der Waals surface area (Å²) >= 11 is 5.90. The first-order valence-corrected chi connectivity index (χ1v) is 5.73. The van der Waals surface area contributed by atoms with Crippen LogP contribution in [0.5, 0.6) is 11.5 Å². The molecule has 18 heavy (non-hydrogen) atoms. The third kappa shape index (κ3) is 2.70. The lowest BCUT2D eigenvalue weighted by Crippen LogP contribution is -1.92. The van der Waals surface area contributed by atoms with E-state index in [0.29, 0.717) is 28.4 Å². The maximum atomic E-state index is 11.0. The molecule has 0 atom stereocenters. The van der Waals surface area contributed by atoms with Crippen molar-refractivity contribution in [1.29, 1.82) is 0 Å². The van der Waals surface area contributed by atoms with Crippen molar-refractivity contribution in [2.45, 2.75) is 6.61 Å². The molecule has 0 unspecified atom stereocenters. The van der Waals surface area contributed by atoms with Crippen molar-refractivity contribution in [3.05, 3.63) is 58.6 Å². The Hall–Kier alpha value is -1.84. The van der Waals surface area contributed by atoms with Crippen LogP contribution in [-0.2, 0) is 6.61 Å². The largest absolute Gasteiger partial charge is 0.457 e. The van der Waals surface area contributed by atoms with E-state index in [1.54, 1.807) is 42.5 Å². The van der Waals surface area contributed by atoms with E-state index in [9.17, 15) is 4.79 Å². The normalized spacial score (nSPS) is 10.1. The fourth-order valence-corrected chi connectivity index (χ4v) is 1.77. The van der Waals surface area contributed by atoms with Gasteiger partial charge in [0.2, 0.25) is 0 Å². The molecule has 0 heterocycles. The zero-order chi connectivity index (χ0) is 13.0. The Bertz CT molecular complexity index is 567. The van der Waals surface area contributed by atoms with Gasteiger partial charge in [-0.3, -0.25) is 4.79 Å². The summed E-state index contributed by atoms with van der Waals surface area (Å²) in [4.78, 5) is 11.0. The monoisotopic (exact) mass is 262 g/mol. The summed E-state index contributed by atoms with van der Waals surface area (Å²) in [6.07, 6.45) is 0.660. The van der Waals surface area contributed by atoms with Gasteiger partial charge in [-0.1, -0.05) is 29.8 Å². The minimum Gasteiger partial charge on any atom is -0.457 e. The van der Waals surface area contributed by atoms with Crippen LogP contribution in [0.2, 0.25) is 5.02 Å². The number of aldehydes is 1. The van der Waals surface area contributed by atoms with Gasteiger partial charge in [-0.2, -0.15) is 0 Å². The van der Waals surface area contributed by atoms with Crippen LogP contribution in [0.25, 0.3) is 0 Å². The highest BCUT2D eigenvalue weighted by atomic mass is 35.5. The van der Waals surface area contributed by atoms with E-state index in [-0.39, 0.29) is 6.61 Å². The lowest BCUT2D eigenvalue weighted by molar-refractivity contribution is 0.112. The second-order valence-electron chi connectivity index (χ2n) is 3.68. The molecule has 0 saturated heterocycles. The van der Waals surface area contributed by atoms with E-state index < -0.39 is 0 Å². The van der Waals surface area contributed by atoms with Crippen molar-refractivity contribution in [2.75, 3.05) is 0 Å². The Balaban J connectivity index is 2.33. The first kappa shape index (κ1) is 12.6. The summed E-state index contributed by atoms with van der Waals surface area (Å²) in [5, 5.41) is 9.39. The van der Waals surface area contributed by atoms with E-state index in [4.69, 9.17) is 21.4 Å². The number of hydrogen-bond donors (Lipinski definition) is 1. The van der Waals surface area contributed by atoms with Crippen LogP contribution in [0, 0.1) is 0 Å². The average molecular weight is 263 g/mol. The number of hydrogen-bond acceptors (Lipinski definition) is 3. The summed E-state index contributed by atoms with van der Waals surface area (Å²) in [5.41, 5.74) is 1.05. The van der Waals surface area contributed by atoms with E-state index in [2.05, 4.69) is 0 Å². The van der Waals surface area contributed by atoms with E-state index in [1.807, 2.05) is 0 Å². The Morgan fingerprint density at radius 2 is 2.00 bits per heavy atom. The van der Waals surface area contributed by atoms with Crippen LogP contribution in [0.15, 0.2) is 42.5 Å². The first-order valence-electron chi connectivity index (χ1n) is 5.36. The number of rotatable bonds is 4. The van der Waals surface area contributed by atoms with Gasteiger partial charge >= 0.3 is 0 Å². The van der Waals surface area contributed by atoms with E-state index in [1.165, 1.54) is 0 Å². The van der Waals surface area contributed by atoms with Gasteiger partial charge in [-0.05, 0) is 29.8 Å². The van der Waals surface area contributed by atoms with Crippen LogP contribution in [0.3, 0.4) is 0 Å². The highest BCUT2D eigenvalue weighted by molar-refractivity contribution is 6.33. The van der Waals surface area contributed by atoms with Gasteiger partial charge in [0, 0.05) is 0 Å². The molecule has 2 aromatic carbocycles. The molecule has 3 nitrogen and oxygen atoms in total. The fourth-order valence-electron chi connectivity index (χ4n) is 1.55. The maximum absolute atomic E-state index is 11.0. The van der Waals surface area contributed by atoms with Crippen molar-refractivity contribution in [3.8, 4) is 11.5 Å². The number of halogens is 1. The summed E-state index contributed by atoms with van der Waals surface area (Å²) in [7, 11) is 0. The quantitative estimate of drug-likeness (QED) is 0.859. The van der Waals surface area contributed by atoms with Gasteiger partial charge in [-0.25, -0.2) is 0 Å². The van der Waals surface area contributed by atoms with Gasteiger partial charge < -0.3 is 9.84 Å². The number of carbonyl (C=O) groups is 1. The Morgan fingerprint density at radius 1 is 1.22 bits per heavy atom. The highest BCUT2D eigenvalue weighted by Gasteiger charge is 2.08. The third-order valence-electron chi connectivity index (χ3n) is 2.44. The molecule has 0 radical (unpaired) electrons. The minimum atomic E-state index is -0.0622. The number of carbonyl (C=O) groups excluding carboxylic acids is 1. The zero-order valence-electron chi connectivity index (χ0n) is 9.47. The van der Waals surface area contributed by atoms with Crippen molar-refractivity contribution in [2.24, 2.45) is 0 Å². The van der Waals surface area contributed by atoms with Crippen LogP contribution >= 0.6 is 11.6 Å². The highest BCUT2D eigenvalue weighted by Crippen LogP contribution is 2.29. The summed E-state index contributed by atoms with van der Waals surface area (Å²) in [6, 6.07) is 12.0. The summed E-state index contributed by atoms with van der Waals surface area (Å²) in [6.45, 7) is -0.0622. The van der Waals surface area contributed by atoms with E-state index >= 15 is 0 Å². The Labute approximate surface area is 110 Å². The molecule has 1 N–H and O–H groups in total. The molecule has 92 valence electrons. The molecule has 0 bridgehead atoms. The molecule has 0 spiro atoms. The lowest BCUT2D eigenvalue weighted by atomic mass is 10.2. The minimum absolute atomic E-state index is 0.0622. The molecule has 0 aliphatic carbocycles. The van der Waals surface area contributed by atoms with Gasteiger partial charge in [0.05, 0.1) is 17.2 Å². The zero-order valence-corrected chi connectivity index (χ0v) is 10.2. The molecule has 0 amide bonds. The topological polar surface area (TPSA) is 46.5 Å². The molecule has 0 aromatic heterocycles. The molecule has 0 aliphatic heterocycles. The summed E-state index contributed by atoms with van der Waals surface area (Å²) in [5.74, 6) is 0.944. The van der Waals surface area contributed by atoms with Crippen molar-refractivity contribution >= 4 is 17.9 Å². The maximum Gasteiger partial charge on any atom is 0.155 e. The van der Waals surface area contributed by atoms with Gasteiger partial charge in [0.25, 0.3) is 0 Å². The van der Waals surface area contributed by atoms with Crippen LogP contribution in [0.1, 0.15) is 15.9 Å². The molecule has 0 saturated carbocycles. The number of benzene rings is 2. The molecule has 2 aromatic rings. The molecular formula is C14H11ClO3. The number of aliphatic hydroxyl groups excluding tert-OH is 1. The predicted molar refractivity (Wildman–Crippen MR) is 69.3 cm³/mol. The lowest BCUT2D eigenvalue weighted by Gasteiger charge is -2.09. The predicted octanol–water partition coefficient (Wildman–Crippen LogP) is 3.44. The molecule has 2 rings (SSSR count). The molecular weight excluding hydrogens is 252 g/mol. The number of aliphatic hydroxyl groups is 1. The molecule has 0 aliphatic rings. The second-order valence-corrected chi connectivity index (χ2v) is 4.08. The standard InChI is InChI=1S/C14H11ClO3/c15-13-5-2-6-14(12(13)9-17)18-11-4-1-3-10(7-11)8-16/h1-7,9,16H,8H2. The van der Waals surface area contributed by atoms with Gasteiger partial charge in [-0.15, -0.1) is 0 Å². The second kappa shape index (κ2) is 5.67. The first-order chi connectivity index (χ1) is 8.74. The fraction of sp³-hybridized carbons (Fsp3) is 0.0714. The third-order valence-corrected chi connectivity index (χ3v) is 2.77. The van der Waals surface area contributed by atoms with Gasteiger partial charge in [0.15, 0.2) is 6.29 Å². The molecule has 4 heteroatoms. The van der Waals surface area contributed by atoms with Crippen LogP contribution in [-0.4, -0.2) is 11.4 Å². The van der Waals surface area contributed by atoms with Gasteiger partial charge in [0.1, 0.15) is 11.5 Å². The Kier molecular flexibility index (Phi) is 3.97. The average Bonchev–Trinajstić information content (AvgIpc) is 2.39. The van der Waals surface area contributed by atoms with Crippen molar-refractivity contribution in [3.63, 3.8) is 0 Å². The summed E-state index contributed by atoms with van der Waals surface area (Å²) < 4.78 is 5.60. The van der Waals surface area contributed by atoms with Crippen molar-refractivity contribution < 1.29 is 14.6 Å².